The molecule has 0 saturated carbocycles. The van der Waals surface area contributed by atoms with Crippen LogP contribution in [0.3, 0.4) is 0 Å². The Morgan fingerprint density at radius 1 is 1.07 bits per heavy atom. The lowest BCUT2D eigenvalue weighted by Gasteiger charge is -2.21. The monoisotopic (exact) mass is 219 g/mol. The van der Waals surface area contributed by atoms with E-state index in [1.54, 1.807) is 0 Å². The summed E-state index contributed by atoms with van der Waals surface area (Å²) in [5.74, 6) is 0. The van der Waals surface area contributed by atoms with E-state index in [9.17, 15) is 0 Å². The van der Waals surface area contributed by atoms with Crippen LogP contribution in [-0.2, 0) is 8.85 Å². The molecule has 1 unspecified atom stereocenters. The van der Waals surface area contributed by atoms with E-state index in [1.807, 2.05) is 13.8 Å². The average molecular weight is 219 g/mol. The van der Waals surface area contributed by atoms with Crippen molar-refractivity contribution in [3.8, 4) is 0 Å². The lowest BCUT2D eigenvalue weighted by atomic mass is 10.2. The fourth-order valence-electron chi connectivity index (χ4n) is 1.47. The molecule has 0 aromatic carbocycles. The SMILES string of the molecule is CCNC(CC)C[SiH](OCC)OCC. The lowest BCUT2D eigenvalue weighted by Crippen LogP contribution is -2.36. The molecule has 0 radical (unpaired) electrons. The van der Waals surface area contributed by atoms with Crippen molar-refractivity contribution < 1.29 is 8.85 Å². The number of hydrogen-bond donors (Lipinski definition) is 1. The second-order valence-corrected chi connectivity index (χ2v) is 5.24. The standard InChI is InChI=1S/C10H25NO2Si/c1-5-10(11-6-2)9-14(12-7-3)13-8-4/h10-11,14H,5-9H2,1-4H3. The van der Waals surface area contributed by atoms with Crippen LogP contribution >= 0.6 is 0 Å². The third-order valence-corrected chi connectivity index (χ3v) is 4.53. The molecule has 1 N–H and O–H groups in total. The summed E-state index contributed by atoms with van der Waals surface area (Å²) < 4.78 is 11.3. The first-order valence-electron chi connectivity index (χ1n) is 5.74. The Bertz CT molecular complexity index is 119. The van der Waals surface area contributed by atoms with E-state index in [2.05, 4.69) is 19.2 Å². The van der Waals surface area contributed by atoms with Crippen molar-refractivity contribution in [2.45, 2.75) is 46.2 Å². The Balaban J connectivity index is 3.83. The highest BCUT2D eigenvalue weighted by atomic mass is 28.3. The molecule has 0 heterocycles. The van der Waals surface area contributed by atoms with Crippen LogP contribution in [0.4, 0.5) is 0 Å². The third kappa shape index (κ3) is 6.54. The maximum atomic E-state index is 5.64. The second kappa shape index (κ2) is 9.64. The highest BCUT2D eigenvalue weighted by Gasteiger charge is 2.17. The van der Waals surface area contributed by atoms with Gasteiger partial charge in [-0.3, -0.25) is 0 Å². The first-order valence-corrected chi connectivity index (χ1v) is 7.50. The molecule has 86 valence electrons. The van der Waals surface area contributed by atoms with E-state index < -0.39 is 9.28 Å². The summed E-state index contributed by atoms with van der Waals surface area (Å²) in [5, 5.41) is 3.45. The van der Waals surface area contributed by atoms with Crippen LogP contribution in [-0.4, -0.2) is 35.1 Å². The number of hydrogen-bond acceptors (Lipinski definition) is 3. The van der Waals surface area contributed by atoms with Crippen molar-refractivity contribution in [1.82, 2.24) is 5.32 Å². The molecule has 4 heteroatoms. The first-order chi connectivity index (χ1) is 6.78. The molecule has 0 rings (SSSR count). The van der Waals surface area contributed by atoms with Gasteiger partial charge in [-0.1, -0.05) is 13.8 Å². The molecule has 0 fully saturated rings. The van der Waals surface area contributed by atoms with Gasteiger partial charge in [0.1, 0.15) is 0 Å². The summed E-state index contributed by atoms with van der Waals surface area (Å²) in [5.41, 5.74) is 0. The van der Waals surface area contributed by atoms with Crippen LogP contribution in [0.5, 0.6) is 0 Å². The average Bonchev–Trinajstić information content (AvgIpc) is 2.18. The zero-order valence-electron chi connectivity index (χ0n) is 10.0. The summed E-state index contributed by atoms with van der Waals surface area (Å²) >= 11 is 0. The molecular weight excluding hydrogens is 194 g/mol. The Morgan fingerprint density at radius 2 is 1.64 bits per heavy atom. The highest BCUT2D eigenvalue weighted by Crippen LogP contribution is 2.05. The van der Waals surface area contributed by atoms with Crippen LogP contribution in [0, 0.1) is 0 Å². The number of nitrogens with one attached hydrogen (secondary N) is 1. The van der Waals surface area contributed by atoms with Gasteiger partial charge in [0, 0.05) is 25.3 Å². The maximum Gasteiger partial charge on any atom is 0.322 e. The summed E-state index contributed by atoms with van der Waals surface area (Å²) in [7, 11) is -1.40. The minimum absolute atomic E-state index is 0.565. The molecule has 0 aromatic heterocycles. The van der Waals surface area contributed by atoms with Crippen molar-refractivity contribution in [1.29, 1.82) is 0 Å². The maximum absolute atomic E-state index is 5.64. The Morgan fingerprint density at radius 3 is 2.00 bits per heavy atom. The van der Waals surface area contributed by atoms with E-state index in [1.165, 1.54) is 0 Å². The molecule has 3 nitrogen and oxygen atoms in total. The van der Waals surface area contributed by atoms with Gasteiger partial charge in [0.2, 0.25) is 0 Å². The van der Waals surface area contributed by atoms with Gasteiger partial charge in [0.15, 0.2) is 0 Å². The highest BCUT2D eigenvalue weighted by molar-refractivity contribution is 6.44. The van der Waals surface area contributed by atoms with Crippen LogP contribution in [0.1, 0.15) is 34.1 Å². The van der Waals surface area contributed by atoms with E-state index >= 15 is 0 Å². The van der Waals surface area contributed by atoms with E-state index in [0.717, 1.165) is 32.2 Å². The Hall–Kier alpha value is 0.0969. The van der Waals surface area contributed by atoms with Gasteiger partial charge in [0.05, 0.1) is 0 Å². The molecule has 1 atom stereocenters. The quantitative estimate of drug-likeness (QED) is 0.598. The predicted molar refractivity (Wildman–Crippen MR) is 63.0 cm³/mol. The molecule has 0 aliphatic heterocycles. The topological polar surface area (TPSA) is 30.5 Å². The molecule has 0 amide bonds. The van der Waals surface area contributed by atoms with Gasteiger partial charge < -0.3 is 14.2 Å². The zero-order chi connectivity index (χ0) is 10.8. The minimum atomic E-state index is -1.40. The van der Waals surface area contributed by atoms with Crippen molar-refractivity contribution in [2.75, 3.05) is 19.8 Å². The Labute approximate surface area is 90.0 Å². The second-order valence-electron chi connectivity index (χ2n) is 3.24. The third-order valence-electron chi connectivity index (χ3n) is 2.17. The van der Waals surface area contributed by atoms with Crippen molar-refractivity contribution in [3.63, 3.8) is 0 Å². The van der Waals surface area contributed by atoms with Gasteiger partial charge in [-0.25, -0.2) is 0 Å². The van der Waals surface area contributed by atoms with Gasteiger partial charge in [-0.2, -0.15) is 0 Å². The first kappa shape index (κ1) is 14.1. The lowest BCUT2D eigenvalue weighted by molar-refractivity contribution is 0.209. The zero-order valence-corrected chi connectivity index (χ0v) is 11.2. The largest absolute Gasteiger partial charge is 0.397 e. The van der Waals surface area contributed by atoms with Crippen LogP contribution in [0.2, 0.25) is 6.04 Å². The van der Waals surface area contributed by atoms with Crippen LogP contribution < -0.4 is 5.32 Å². The summed E-state index contributed by atoms with van der Waals surface area (Å²) in [4.78, 5) is 0. The molecule has 0 bridgehead atoms. The molecule has 0 saturated heterocycles. The van der Waals surface area contributed by atoms with Crippen LogP contribution in [0.15, 0.2) is 0 Å². The number of rotatable bonds is 9. The predicted octanol–water partition coefficient (Wildman–Crippen LogP) is 1.67. The molecule has 14 heavy (non-hydrogen) atoms. The van der Waals surface area contributed by atoms with Gasteiger partial charge in [-0.15, -0.1) is 0 Å². The molecule has 0 aliphatic carbocycles. The smallest absolute Gasteiger partial charge is 0.322 e. The molecular formula is C10H25NO2Si. The van der Waals surface area contributed by atoms with Crippen molar-refractivity contribution in [3.05, 3.63) is 0 Å². The van der Waals surface area contributed by atoms with E-state index in [4.69, 9.17) is 8.85 Å². The molecule has 0 spiro atoms. The van der Waals surface area contributed by atoms with Gasteiger partial charge in [-0.05, 0) is 26.8 Å². The fraction of sp³-hybridized carbons (Fsp3) is 1.00. The fourth-order valence-corrected chi connectivity index (χ4v) is 3.55. The van der Waals surface area contributed by atoms with Crippen molar-refractivity contribution in [2.24, 2.45) is 0 Å². The molecule has 0 aliphatic rings. The van der Waals surface area contributed by atoms with Crippen LogP contribution in [0.25, 0.3) is 0 Å². The summed E-state index contributed by atoms with van der Waals surface area (Å²) in [6.45, 7) is 11.0. The summed E-state index contributed by atoms with van der Waals surface area (Å²) in [6.07, 6.45) is 1.15. The summed E-state index contributed by atoms with van der Waals surface area (Å²) in [6, 6.07) is 1.64. The Kier molecular flexibility index (Phi) is 9.71. The molecule has 0 aromatic rings. The minimum Gasteiger partial charge on any atom is -0.397 e. The van der Waals surface area contributed by atoms with E-state index in [0.29, 0.717) is 6.04 Å². The van der Waals surface area contributed by atoms with Crippen molar-refractivity contribution >= 4 is 9.28 Å². The normalized spacial score (nSPS) is 13.5. The van der Waals surface area contributed by atoms with E-state index in [-0.39, 0.29) is 0 Å². The van der Waals surface area contributed by atoms with Gasteiger partial charge >= 0.3 is 9.28 Å². The van der Waals surface area contributed by atoms with Gasteiger partial charge in [0.25, 0.3) is 0 Å².